The van der Waals surface area contributed by atoms with Crippen LogP contribution in [-0.2, 0) is 0 Å². The Kier molecular flexibility index (Phi) is 5.67. The molecule has 1 N–H and O–H groups in total. The van der Waals surface area contributed by atoms with Crippen molar-refractivity contribution in [1.29, 1.82) is 0 Å². The topological polar surface area (TPSA) is 43.8 Å². The molecule has 2 rings (SSSR count). The van der Waals surface area contributed by atoms with Crippen LogP contribution in [0.4, 0.5) is 0 Å². The van der Waals surface area contributed by atoms with Crippen LogP contribution < -0.4 is 0 Å². The minimum atomic E-state index is -0.689. The van der Waals surface area contributed by atoms with Gasteiger partial charge in [0.05, 0.1) is 11.2 Å². The minimum Gasteiger partial charge on any atom is -0.389 e. The first-order chi connectivity index (χ1) is 9.76. The molecule has 0 aliphatic carbocycles. The standard InChI is InChI=1S/C15H20BrIN2O2/c1-15(2,21)10-18-5-7-19(8-6-18)14(20)12-9-11(16)3-4-13(12)17/h3-4,9,21H,5-8,10H2,1-2H3. The number of hydrogen-bond donors (Lipinski definition) is 1. The number of nitrogens with zero attached hydrogens (tertiary/aromatic N) is 2. The van der Waals surface area contributed by atoms with E-state index in [1.165, 1.54) is 0 Å². The van der Waals surface area contributed by atoms with E-state index in [4.69, 9.17) is 0 Å². The van der Waals surface area contributed by atoms with Crippen LogP contribution in [0.2, 0.25) is 0 Å². The summed E-state index contributed by atoms with van der Waals surface area (Å²) in [6.07, 6.45) is 0. The highest BCUT2D eigenvalue weighted by Gasteiger charge is 2.26. The summed E-state index contributed by atoms with van der Waals surface area (Å²) in [5, 5.41) is 9.86. The highest BCUT2D eigenvalue weighted by Crippen LogP contribution is 2.21. The van der Waals surface area contributed by atoms with Gasteiger partial charge < -0.3 is 10.0 Å². The zero-order valence-electron chi connectivity index (χ0n) is 12.3. The van der Waals surface area contributed by atoms with E-state index in [0.717, 1.165) is 26.7 Å². The van der Waals surface area contributed by atoms with E-state index in [1.807, 2.05) is 36.9 Å². The van der Waals surface area contributed by atoms with Crippen molar-refractivity contribution in [3.8, 4) is 0 Å². The van der Waals surface area contributed by atoms with Gasteiger partial charge in [-0.15, -0.1) is 0 Å². The fourth-order valence-electron chi connectivity index (χ4n) is 2.49. The molecule has 1 heterocycles. The molecule has 0 atom stereocenters. The molecule has 1 aromatic carbocycles. The number of carbonyl (C=O) groups is 1. The van der Waals surface area contributed by atoms with Gasteiger partial charge in [-0.05, 0) is 54.6 Å². The summed E-state index contributed by atoms with van der Waals surface area (Å²) < 4.78 is 1.90. The summed E-state index contributed by atoms with van der Waals surface area (Å²) in [7, 11) is 0. The number of β-amino-alcohol motifs (C(OH)–C–C–N with tert-alkyl or cyclic N) is 1. The van der Waals surface area contributed by atoms with Gasteiger partial charge in [-0.2, -0.15) is 0 Å². The molecule has 0 spiro atoms. The van der Waals surface area contributed by atoms with Crippen molar-refractivity contribution in [3.05, 3.63) is 31.8 Å². The van der Waals surface area contributed by atoms with Crippen molar-refractivity contribution in [2.45, 2.75) is 19.4 Å². The molecule has 1 aliphatic rings. The number of benzene rings is 1. The van der Waals surface area contributed by atoms with Crippen LogP contribution in [0.3, 0.4) is 0 Å². The van der Waals surface area contributed by atoms with Gasteiger partial charge in [-0.25, -0.2) is 0 Å². The van der Waals surface area contributed by atoms with Gasteiger partial charge in [0, 0.05) is 40.8 Å². The predicted molar refractivity (Wildman–Crippen MR) is 95.5 cm³/mol. The van der Waals surface area contributed by atoms with E-state index in [1.54, 1.807) is 0 Å². The summed E-state index contributed by atoms with van der Waals surface area (Å²) >= 11 is 5.62. The molecule has 0 bridgehead atoms. The van der Waals surface area contributed by atoms with Gasteiger partial charge in [0.15, 0.2) is 0 Å². The Balaban J connectivity index is 1.99. The number of hydrogen-bond acceptors (Lipinski definition) is 3. The predicted octanol–water partition coefficient (Wildman–Crippen LogP) is 2.58. The molecule has 1 aliphatic heterocycles. The summed E-state index contributed by atoms with van der Waals surface area (Å²) in [4.78, 5) is 16.7. The van der Waals surface area contributed by atoms with E-state index >= 15 is 0 Å². The van der Waals surface area contributed by atoms with E-state index in [0.29, 0.717) is 19.6 Å². The molecule has 6 heteroatoms. The second-order valence-corrected chi connectivity index (χ2v) is 8.08. The smallest absolute Gasteiger partial charge is 0.255 e. The Morgan fingerprint density at radius 2 is 1.95 bits per heavy atom. The summed E-state index contributed by atoms with van der Waals surface area (Å²) in [5.74, 6) is 0.0867. The largest absolute Gasteiger partial charge is 0.389 e. The lowest BCUT2D eigenvalue weighted by Crippen LogP contribution is -2.52. The van der Waals surface area contributed by atoms with Crippen LogP contribution in [0.1, 0.15) is 24.2 Å². The maximum Gasteiger partial charge on any atom is 0.255 e. The Morgan fingerprint density at radius 3 is 2.52 bits per heavy atom. The first-order valence-electron chi connectivity index (χ1n) is 6.95. The highest BCUT2D eigenvalue weighted by atomic mass is 127. The van der Waals surface area contributed by atoms with Gasteiger partial charge in [-0.1, -0.05) is 15.9 Å². The number of piperazine rings is 1. The fourth-order valence-corrected chi connectivity index (χ4v) is 3.42. The number of rotatable bonds is 3. The lowest BCUT2D eigenvalue weighted by atomic mass is 10.1. The van der Waals surface area contributed by atoms with Gasteiger partial charge >= 0.3 is 0 Å². The first kappa shape index (κ1) is 17.2. The molecule has 116 valence electrons. The Hall–Kier alpha value is -0.180. The zero-order chi connectivity index (χ0) is 15.6. The van der Waals surface area contributed by atoms with Crippen LogP contribution in [0.15, 0.2) is 22.7 Å². The Morgan fingerprint density at radius 1 is 1.33 bits per heavy atom. The van der Waals surface area contributed by atoms with E-state index in [9.17, 15) is 9.90 Å². The van der Waals surface area contributed by atoms with Crippen LogP contribution in [0.25, 0.3) is 0 Å². The maximum absolute atomic E-state index is 12.6. The van der Waals surface area contributed by atoms with Crippen molar-refractivity contribution in [1.82, 2.24) is 9.80 Å². The van der Waals surface area contributed by atoms with E-state index in [2.05, 4.69) is 43.4 Å². The molecule has 0 aromatic heterocycles. The minimum absolute atomic E-state index is 0.0867. The summed E-state index contributed by atoms with van der Waals surface area (Å²) in [6, 6.07) is 5.77. The summed E-state index contributed by atoms with van der Waals surface area (Å²) in [6.45, 7) is 7.29. The average molecular weight is 467 g/mol. The monoisotopic (exact) mass is 466 g/mol. The molecular formula is C15H20BrIN2O2. The van der Waals surface area contributed by atoms with E-state index in [-0.39, 0.29) is 5.91 Å². The van der Waals surface area contributed by atoms with Gasteiger partial charge in [0.2, 0.25) is 0 Å². The average Bonchev–Trinajstić information content (AvgIpc) is 2.40. The van der Waals surface area contributed by atoms with Crippen molar-refractivity contribution in [3.63, 3.8) is 0 Å². The third kappa shape index (κ3) is 4.91. The number of carbonyl (C=O) groups excluding carboxylic acids is 1. The normalized spacial score (nSPS) is 17.1. The third-order valence-corrected chi connectivity index (χ3v) is 4.86. The number of aliphatic hydroxyl groups is 1. The van der Waals surface area contributed by atoms with Crippen molar-refractivity contribution in [2.24, 2.45) is 0 Å². The number of amides is 1. The maximum atomic E-state index is 12.6. The van der Waals surface area contributed by atoms with Gasteiger partial charge in [0.25, 0.3) is 5.91 Å². The van der Waals surface area contributed by atoms with Gasteiger partial charge in [0.1, 0.15) is 0 Å². The molecule has 4 nitrogen and oxygen atoms in total. The summed E-state index contributed by atoms with van der Waals surface area (Å²) in [5.41, 5.74) is 0.0622. The highest BCUT2D eigenvalue weighted by molar-refractivity contribution is 14.1. The molecule has 1 fully saturated rings. The third-order valence-electron chi connectivity index (χ3n) is 3.43. The first-order valence-corrected chi connectivity index (χ1v) is 8.82. The van der Waals surface area contributed by atoms with Crippen molar-refractivity contribution >= 4 is 44.4 Å². The second-order valence-electron chi connectivity index (χ2n) is 6.00. The van der Waals surface area contributed by atoms with Crippen LogP contribution in [-0.4, -0.2) is 59.1 Å². The van der Waals surface area contributed by atoms with Crippen LogP contribution in [0.5, 0.6) is 0 Å². The van der Waals surface area contributed by atoms with Crippen LogP contribution >= 0.6 is 38.5 Å². The molecule has 0 radical (unpaired) electrons. The fraction of sp³-hybridized carbons (Fsp3) is 0.533. The Labute approximate surface area is 147 Å². The number of halogens is 2. The van der Waals surface area contributed by atoms with Gasteiger partial charge in [-0.3, -0.25) is 9.69 Å². The molecule has 0 saturated carbocycles. The molecule has 1 amide bonds. The molecule has 1 saturated heterocycles. The van der Waals surface area contributed by atoms with Crippen molar-refractivity contribution < 1.29 is 9.90 Å². The lowest BCUT2D eigenvalue weighted by molar-refractivity contribution is 0.0178. The second kappa shape index (κ2) is 6.93. The van der Waals surface area contributed by atoms with E-state index < -0.39 is 5.60 Å². The lowest BCUT2D eigenvalue weighted by Gasteiger charge is -2.37. The molecule has 0 unspecified atom stereocenters. The molecule has 21 heavy (non-hydrogen) atoms. The molecular weight excluding hydrogens is 447 g/mol. The van der Waals surface area contributed by atoms with Crippen LogP contribution in [0, 0.1) is 3.57 Å². The quantitative estimate of drug-likeness (QED) is 0.696. The Bertz CT molecular complexity index is 523. The zero-order valence-corrected chi connectivity index (χ0v) is 16.0. The van der Waals surface area contributed by atoms with Crippen molar-refractivity contribution in [2.75, 3.05) is 32.7 Å². The molecule has 1 aromatic rings. The SMILES string of the molecule is CC(C)(O)CN1CCN(C(=O)c2cc(Br)ccc2I)CC1.